The third kappa shape index (κ3) is 6.84. The molecule has 0 saturated heterocycles. The lowest BCUT2D eigenvalue weighted by Crippen LogP contribution is -2.29. The van der Waals surface area contributed by atoms with Gasteiger partial charge in [-0.1, -0.05) is 91.0 Å². The normalized spacial score (nSPS) is 12.8. The summed E-state index contributed by atoms with van der Waals surface area (Å²) in [5.74, 6) is -0.219. The van der Waals surface area contributed by atoms with Crippen molar-refractivity contribution >= 4 is 32.9 Å². The number of benzene rings is 3. The number of esters is 1. The summed E-state index contributed by atoms with van der Waals surface area (Å²) in [7, 11) is -11.1. The topological polar surface area (TPSA) is 162 Å². The third-order valence-electron chi connectivity index (χ3n) is 6.02. The number of hydrogen-bond donors (Lipinski definition) is 5. The van der Waals surface area contributed by atoms with Gasteiger partial charge in [0.2, 0.25) is 0 Å². The Kier molecular flexibility index (Phi) is 10.1. The van der Waals surface area contributed by atoms with E-state index in [-0.39, 0.29) is 19.4 Å². The van der Waals surface area contributed by atoms with Crippen LogP contribution < -0.4 is 0 Å². The minimum Gasteiger partial charge on any atom is -0.466 e. The fraction of sp³-hybridized carbons (Fsp3) is 0.269. The molecule has 0 amide bonds. The van der Waals surface area contributed by atoms with Gasteiger partial charge in [-0.15, -0.1) is 11.8 Å². The molecule has 0 atom stereocenters. The van der Waals surface area contributed by atoms with Crippen LogP contribution in [0.5, 0.6) is 0 Å². The van der Waals surface area contributed by atoms with Crippen LogP contribution in [0.3, 0.4) is 0 Å². The standard InChI is InChI=1S/C26H30O9P2S/c27-24(35-19-10-18-25(28,36(29,30)31)37(32,33)34)17-20-38-26(21-11-4-1-5-12-21,22-13-6-2-7-14-22)23-15-8-3-9-16-23/h1-9,11-16,28H,10,17-20H2,(H2,29,30,31)(H2,32,33,34). The quantitative estimate of drug-likeness (QED) is 0.0847. The molecule has 0 aliphatic carbocycles. The molecule has 0 spiro atoms. The minimum absolute atomic E-state index is 0.0141. The van der Waals surface area contributed by atoms with Crippen LogP contribution in [-0.4, -0.2) is 48.1 Å². The number of carbonyl (C=O) groups is 1. The fourth-order valence-electron chi connectivity index (χ4n) is 4.08. The number of hydrogen-bond acceptors (Lipinski definition) is 6. The van der Waals surface area contributed by atoms with Gasteiger partial charge in [-0.05, 0) is 23.1 Å². The zero-order valence-electron chi connectivity index (χ0n) is 20.4. The van der Waals surface area contributed by atoms with E-state index in [2.05, 4.69) is 0 Å². The molecule has 0 aromatic heterocycles. The van der Waals surface area contributed by atoms with Gasteiger partial charge < -0.3 is 29.4 Å². The Hall–Kier alpha value is -2.26. The van der Waals surface area contributed by atoms with Crippen LogP contribution in [0.25, 0.3) is 0 Å². The molecule has 0 fully saturated rings. The highest BCUT2D eigenvalue weighted by atomic mass is 32.2. The molecular formula is C26H30O9P2S. The maximum atomic E-state index is 12.5. The van der Waals surface area contributed by atoms with E-state index >= 15 is 0 Å². The van der Waals surface area contributed by atoms with Crippen LogP contribution in [0.1, 0.15) is 36.0 Å². The van der Waals surface area contributed by atoms with E-state index in [9.17, 15) is 38.6 Å². The van der Waals surface area contributed by atoms with Crippen LogP contribution in [0.2, 0.25) is 0 Å². The highest BCUT2D eigenvalue weighted by Crippen LogP contribution is 2.69. The van der Waals surface area contributed by atoms with Crippen molar-refractivity contribution in [1.82, 2.24) is 0 Å². The molecule has 0 aliphatic rings. The predicted octanol–water partition coefficient (Wildman–Crippen LogP) is 4.43. The largest absolute Gasteiger partial charge is 0.466 e. The van der Waals surface area contributed by atoms with E-state index in [0.29, 0.717) is 5.75 Å². The van der Waals surface area contributed by atoms with Gasteiger partial charge in [0.05, 0.1) is 17.8 Å². The highest BCUT2D eigenvalue weighted by Gasteiger charge is 2.58. The lowest BCUT2D eigenvalue weighted by atomic mass is 9.84. The first kappa shape index (κ1) is 30.3. The van der Waals surface area contributed by atoms with Crippen molar-refractivity contribution in [1.29, 1.82) is 0 Å². The number of aliphatic hydroxyl groups is 1. The molecule has 3 aromatic carbocycles. The molecule has 3 rings (SSSR count). The predicted molar refractivity (Wildman–Crippen MR) is 146 cm³/mol. The lowest BCUT2D eigenvalue weighted by Gasteiger charge is -2.35. The van der Waals surface area contributed by atoms with Crippen molar-refractivity contribution in [2.24, 2.45) is 0 Å². The molecule has 0 unspecified atom stereocenters. The van der Waals surface area contributed by atoms with Crippen LogP contribution in [0.15, 0.2) is 91.0 Å². The molecule has 0 aliphatic heterocycles. The third-order valence-corrected chi connectivity index (χ3v) is 11.4. The first-order chi connectivity index (χ1) is 17.9. The van der Waals surface area contributed by atoms with Gasteiger partial charge >= 0.3 is 21.2 Å². The molecule has 0 radical (unpaired) electrons. The van der Waals surface area contributed by atoms with Crippen molar-refractivity contribution in [3.63, 3.8) is 0 Å². The average molecular weight is 581 g/mol. The second-order valence-electron chi connectivity index (χ2n) is 8.56. The monoisotopic (exact) mass is 580 g/mol. The maximum absolute atomic E-state index is 12.5. The maximum Gasteiger partial charge on any atom is 0.369 e. The molecular weight excluding hydrogens is 550 g/mol. The van der Waals surface area contributed by atoms with Gasteiger partial charge in [-0.3, -0.25) is 13.9 Å². The molecule has 0 bridgehead atoms. The lowest BCUT2D eigenvalue weighted by molar-refractivity contribution is -0.143. The van der Waals surface area contributed by atoms with Crippen molar-refractivity contribution in [3.8, 4) is 0 Å². The number of thioether (sulfide) groups is 1. The van der Waals surface area contributed by atoms with Gasteiger partial charge in [0.25, 0.3) is 5.08 Å². The Morgan fingerprint density at radius 2 is 1.13 bits per heavy atom. The van der Waals surface area contributed by atoms with Gasteiger partial charge in [-0.2, -0.15) is 0 Å². The minimum atomic E-state index is -5.55. The summed E-state index contributed by atoms with van der Waals surface area (Å²) < 4.78 is 27.4. The molecule has 5 N–H and O–H groups in total. The van der Waals surface area contributed by atoms with E-state index in [1.54, 1.807) is 11.8 Å². The van der Waals surface area contributed by atoms with Crippen LogP contribution in [0, 0.1) is 0 Å². The Morgan fingerprint density at radius 3 is 1.50 bits per heavy atom. The molecule has 12 heteroatoms. The smallest absolute Gasteiger partial charge is 0.369 e. The first-order valence-electron chi connectivity index (χ1n) is 11.7. The van der Waals surface area contributed by atoms with E-state index in [1.807, 2.05) is 91.0 Å². The zero-order chi connectivity index (χ0) is 27.9. The Morgan fingerprint density at radius 1 is 0.737 bits per heavy atom. The summed E-state index contributed by atoms with van der Waals surface area (Å²) >= 11 is 1.56. The van der Waals surface area contributed by atoms with Gasteiger partial charge in [0, 0.05) is 12.2 Å². The Balaban J connectivity index is 1.71. The van der Waals surface area contributed by atoms with Crippen LogP contribution in [0.4, 0.5) is 0 Å². The van der Waals surface area contributed by atoms with Crippen LogP contribution in [-0.2, 0) is 23.4 Å². The summed E-state index contributed by atoms with van der Waals surface area (Å²) in [6.07, 6.45) is -1.28. The summed E-state index contributed by atoms with van der Waals surface area (Å²) in [6, 6.07) is 29.8. The summed E-state index contributed by atoms with van der Waals surface area (Å²) in [5, 5.41) is 6.41. The Labute approximate surface area is 225 Å². The zero-order valence-corrected chi connectivity index (χ0v) is 23.0. The summed E-state index contributed by atoms with van der Waals surface area (Å²) in [5.41, 5.74) is 3.10. The van der Waals surface area contributed by atoms with Gasteiger partial charge in [0.15, 0.2) is 0 Å². The second-order valence-corrected chi connectivity index (χ2v) is 13.9. The molecule has 0 heterocycles. The van der Waals surface area contributed by atoms with Crippen LogP contribution >= 0.6 is 27.0 Å². The second kappa shape index (κ2) is 12.7. The highest BCUT2D eigenvalue weighted by molar-refractivity contribution is 8.00. The van der Waals surface area contributed by atoms with E-state index in [4.69, 9.17) is 4.74 Å². The van der Waals surface area contributed by atoms with E-state index in [1.165, 1.54) is 0 Å². The number of ether oxygens (including phenoxy) is 1. The van der Waals surface area contributed by atoms with Gasteiger partial charge in [-0.25, -0.2) is 0 Å². The van der Waals surface area contributed by atoms with E-state index < -0.39 is 37.4 Å². The molecule has 38 heavy (non-hydrogen) atoms. The van der Waals surface area contributed by atoms with Crippen molar-refractivity contribution < 1.29 is 43.3 Å². The van der Waals surface area contributed by atoms with E-state index in [0.717, 1.165) is 16.7 Å². The molecule has 0 saturated carbocycles. The van der Waals surface area contributed by atoms with Crippen molar-refractivity contribution in [2.75, 3.05) is 12.4 Å². The molecule has 9 nitrogen and oxygen atoms in total. The van der Waals surface area contributed by atoms with Gasteiger partial charge in [0.1, 0.15) is 0 Å². The SMILES string of the molecule is O=C(CCSC(c1ccccc1)(c1ccccc1)c1ccccc1)OCCCC(O)(P(=O)(O)O)P(=O)(O)O. The average Bonchev–Trinajstić information content (AvgIpc) is 2.89. The number of carbonyl (C=O) groups excluding carboxylic acids is 1. The molecule has 204 valence electrons. The first-order valence-corrected chi connectivity index (χ1v) is 15.9. The van der Waals surface area contributed by atoms with Crippen molar-refractivity contribution in [3.05, 3.63) is 108 Å². The van der Waals surface area contributed by atoms with Crippen molar-refractivity contribution in [2.45, 2.75) is 29.1 Å². The Bertz CT molecular complexity index is 1160. The molecule has 3 aromatic rings. The fourth-order valence-corrected chi connectivity index (χ4v) is 7.82. The summed E-state index contributed by atoms with van der Waals surface area (Å²) in [6.45, 7) is -0.368. The number of rotatable bonds is 13. The summed E-state index contributed by atoms with van der Waals surface area (Å²) in [4.78, 5) is 49.3.